The maximum Gasteiger partial charge on any atom is 0.289 e. The van der Waals surface area contributed by atoms with E-state index in [0.717, 1.165) is 21.8 Å². The number of rotatable bonds is 5. The molecule has 0 bridgehead atoms. The van der Waals surface area contributed by atoms with Gasteiger partial charge in [0.05, 0.1) is 0 Å². The molecule has 1 atom stereocenters. The highest BCUT2D eigenvalue weighted by Gasteiger charge is 2.39. The standard InChI is InChI=1S/C14H15IN2O3S/c1-2-7-17-13(19)11(21-14(17)20)8-12(18)16-10-5-3-9(15)4-6-10/h3-6,11H,2,7-8H2,1H3,(H,16,18)/t11-/m1/s1. The topological polar surface area (TPSA) is 66.5 Å². The van der Waals surface area contributed by atoms with Crippen molar-refractivity contribution in [3.8, 4) is 0 Å². The van der Waals surface area contributed by atoms with Crippen LogP contribution >= 0.6 is 34.4 Å². The van der Waals surface area contributed by atoms with Crippen LogP contribution in [0.2, 0.25) is 0 Å². The maximum absolute atomic E-state index is 12.0. The molecule has 112 valence electrons. The minimum atomic E-state index is -0.604. The summed E-state index contributed by atoms with van der Waals surface area (Å²) in [5.74, 6) is -0.516. The third kappa shape index (κ3) is 4.19. The lowest BCUT2D eigenvalue weighted by Gasteiger charge is -2.12. The number of nitrogens with zero attached hydrogens (tertiary/aromatic N) is 1. The van der Waals surface area contributed by atoms with Gasteiger partial charge in [-0.3, -0.25) is 19.3 Å². The van der Waals surface area contributed by atoms with Gasteiger partial charge in [0, 0.05) is 22.2 Å². The second-order valence-electron chi connectivity index (χ2n) is 4.62. The van der Waals surface area contributed by atoms with Crippen LogP contribution in [0.1, 0.15) is 19.8 Å². The zero-order chi connectivity index (χ0) is 15.4. The van der Waals surface area contributed by atoms with E-state index < -0.39 is 5.25 Å². The molecular formula is C14H15IN2O3S. The molecule has 3 amide bonds. The smallest absolute Gasteiger partial charge is 0.289 e. The Bertz CT molecular complexity index is 562. The Balaban J connectivity index is 1.92. The normalized spacial score (nSPS) is 18.2. The molecule has 1 N–H and O–H groups in total. The number of nitrogens with one attached hydrogen (secondary N) is 1. The highest BCUT2D eigenvalue weighted by Crippen LogP contribution is 2.29. The van der Waals surface area contributed by atoms with Gasteiger partial charge in [-0.2, -0.15) is 0 Å². The fourth-order valence-corrected chi connectivity index (χ4v) is 3.34. The van der Waals surface area contributed by atoms with E-state index in [0.29, 0.717) is 12.2 Å². The summed E-state index contributed by atoms with van der Waals surface area (Å²) in [5.41, 5.74) is 0.688. The molecule has 1 saturated heterocycles. The SMILES string of the molecule is CCCN1C(=O)S[C@H](CC(=O)Nc2ccc(I)cc2)C1=O. The van der Waals surface area contributed by atoms with Crippen molar-refractivity contribution in [3.63, 3.8) is 0 Å². The number of carbonyl (C=O) groups is 3. The number of hydrogen-bond acceptors (Lipinski definition) is 4. The van der Waals surface area contributed by atoms with Gasteiger partial charge < -0.3 is 5.32 Å². The Labute approximate surface area is 141 Å². The van der Waals surface area contributed by atoms with Crippen molar-refractivity contribution in [2.75, 3.05) is 11.9 Å². The third-order valence-corrected chi connectivity index (χ3v) is 4.74. The van der Waals surface area contributed by atoms with Crippen molar-refractivity contribution in [2.24, 2.45) is 0 Å². The molecule has 0 unspecified atom stereocenters. The minimum absolute atomic E-state index is 0.0153. The van der Waals surface area contributed by atoms with Crippen molar-refractivity contribution < 1.29 is 14.4 Å². The monoisotopic (exact) mass is 418 g/mol. The van der Waals surface area contributed by atoms with E-state index in [2.05, 4.69) is 27.9 Å². The Kier molecular flexibility index (Phi) is 5.63. The molecule has 5 nitrogen and oxygen atoms in total. The van der Waals surface area contributed by atoms with E-state index in [9.17, 15) is 14.4 Å². The molecule has 0 saturated carbocycles. The number of carbonyl (C=O) groups excluding carboxylic acids is 3. The summed E-state index contributed by atoms with van der Waals surface area (Å²) < 4.78 is 1.08. The van der Waals surface area contributed by atoms with E-state index >= 15 is 0 Å². The molecule has 21 heavy (non-hydrogen) atoms. The minimum Gasteiger partial charge on any atom is -0.326 e. The second-order valence-corrected chi connectivity index (χ2v) is 7.02. The van der Waals surface area contributed by atoms with Crippen LogP contribution in [0.4, 0.5) is 10.5 Å². The highest BCUT2D eigenvalue weighted by molar-refractivity contribution is 14.1. The Morgan fingerprint density at radius 1 is 1.33 bits per heavy atom. The molecule has 1 fully saturated rings. The first-order valence-electron chi connectivity index (χ1n) is 6.58. The van der Waals surface area contributed by atoms with Crippen LogP contribution < -0.4 is 5.32 Å². The Morgan fingerprint density at radius 2 is 2.00 bits per heavy atom. The second kappa shape index (κ2) is 7.26. The summed E-state index contributed by atoms with van der Waals surface area (Å²) in [6, 6.07) is 7.38. The quantitative estimate of drug-likeness (QED) is 0.747. The van der Waals surface area contributed by atoms with Crippen molar-refractivity contribution in [2.45, 2.75) is 25.0 Å². The first-order chi connectivity index (χ1) is 10.0. The van der Waals surface area contributed by atoms with Gasteiger partial charge in [0.25, 0.3) is 5.24 Å². The van der Waals surface area contributed by atoms with Crippen molar-refractivity contribution in [1.82, 2.24) is 4.90 Å². The zero-order valence-electron chi connectivity index (χ0n) is 11.5. The number of thioether (sulfide) groups is 1. The summed E-state index contributed by atoms with van der Waals surface area (Å²) >= 11 is 3.12. The largest absolute Gasteiger partial charge is 0.326 e. The van der Waals surface area contributed by atoms with Gasteiger partial charge in [0.2, 0.25) is 11.8 Å². The molecule has 7 heteroatoms. The summed E-state index contributed by atoms with van der Waals surface area (Å²) in [5, 5.41) is 1.88. The van der Waals surface area contributed by atoms with Gasteiger partial charge >= 0.3 is 0 Å². The molecule has 1 heterocycles. The molecule has 0 aromatic heterocycles. The number of benzene rings is 1. The summed E-state index contributed by atoms with van der Waals surface area (Å²) in [6.45, 7) is 2.32. The molecule has 1 aliphatic rings. The van der Waals surface area contributed by atoms with Crippen LogP contribution in [0.25, 0.3) is 0 Å². The van der Waals surface area contributed by atoms with Crippen molar-refractivity contribution in [1.29, 1.82) is 0 Å². The molecule has 0 aliphatic carbocycles. The lowest BCUT2D eigenvalue weighted by Crippen LogP contribution is -2.33. The first-order valence-corrected chi connectivity index (χ1v) is 8.54. The fourth-order valence-electron chi connectivity index (χ4n) is 1.97. The molecule has 1 aromatic carbocycles. The number of hydrogen-bond donors (Lipinski definition) is 1. The molecular weight excluding hydrogens is 403 g/mol. The fraction of sp³-hybridized carbons (Fsp3) is 0.357. The lowest BCUT2D eigenvalue weighted by atomic mass is 10.2. The van der Waals surface area contributed by atoms with Gasteiger partial charge in [0.15, 0.2) is 0 Å². The van der Waals surface area contributed by atoms with Gasteiger partial charge in [-0.25, -0.2) is 0 Å². The molecule has 0 spiro atoms. The van der Waals surface area contributed by atoms with E-state index in [-0.39, 0.29) is 23.5 Å². The van der Waals surface area contributed by atoms with Crippen LogP contribution in [0.3, 0.4) is 0 Å². The van der Waals surface area contributed by atoms with Crippen molar-refractivity contribution in [3.05, 3.63) is 27.8 Å². The van der Waals surface area contributed by atoms with Crippen LogP contribution in [-0.4, -0.2) is 33.7 Å². The number of halogens is 1. The average Bonchev–Trinajstić information content (AvgIpc) is 2.69. The number of amides is 3. The summed E-state index contributed by atoms with van der Waals surface area (Å²) in [4.78, 5) is 36.9. The average molecular weight is 418 g/mol. The van der Waals surface area contributed by atoms with E-state index in [1.165, 1.54) is 4.90 Å². The predicted molar refractivity (Wildman–Crippen MR) is 91.2 cm³/mol. The summed E-state index contributed by atoms with van der Waals surface area (Å²) in [6.07, 6.45) is 0.737. The van der Waals surface area contributed by atoms with Gasteiger partial charge in [-0.15, -0.1) is 0 Å². The number of imide groups is 1. The van der Waals surface area contributed by atoms with E-state index in [1.807, 2.05) is 19.1 Å². The number of anilines is 1. The van der Waals surface area contributed by atoms with Crippen LogP contribution in [0, 0.1) is 3.57 Å². The van der Waals surface area contributed by atoms with E-state index in [1.54, 1.807) is 12.1 Å². The predicted octanol–water partition coefficient (Wildman–Crippen LogP) is 3.09. The van der Waals surface area contributed by atoms with Gasteiger partial charge in [0.1, 0.15) is 5.25 Å². The Hall–Kier alpha value is -1.09. The molecule has 1 aliphatic heterocycles. The third-order valence-electron chi connectivity index (χ3n) is 2.95. The van der Waals surface area contributed by atoms with Crippen molar-refractivity contribution >= 4 is 57.1 Å². The first kappa shape index (κ1) is 16.3. The zero-order valence-corrected chi connectivity index (χ0v) is 14.4. The van der Waals surface area contributed by atoms with Crippen LogP contribution in [-0.2, 0) is 9.59 Å². The van der Waals surface area contributed by atoms with Crippen LogP contribution in [0.5, 0.6) is 0 Å². The van der Waals surface area contributed by atoms with Gasteiger partial charge in [-0.1, -0.05) is 18.7 Å². The Morgan fingerprint density at radius 3 is 2.62 bits per heavy atom. The molecule has 0 radical (unpaired) electrons. The maximum atomic E-state index is 12.0. The molecule has 1 aromatic rings. The summed E-state index contributed by atoms with van der Waals surface area (Å²) in [7, 11) is 0. The molecule has 2 rings (SSSR count). The lowest BCUT2D eigenvalue weighted by molar-refractivity contribution is -0.128. The van der Waals surface area contributed by atoms with E-state index in [4.69, 9.17) is 0 Å². The van der Waals surface area contributed by atoms with Crippen LogP contribution in [0.15, 0.2) is 24.3 Å². The highest BCUT2D eigenvalue weighted by atomic mass is 127. The van der Waals surface area contributed by atoms with Gasteiger partial charge in [-0.05, 0) is 53.3 Å².